The second-order valence-electron chi connectivity index (χ2n) is 4.77. The summed E-state index contributed by atoms with van der Waals surface area (Å²) in [6.07, 6.45) is -3.07. The Morgan fingerprint density at radius 2 is 1.87 bits per heavy atom. The van der Waals surface area contributed by atoms with Gasteiger partial charge in [-0.2, -0.15) is 18.2 Å². The number of nitrogens with zero attached hydrogens (tertiary/aromatic N) is 3. The molecule has 0 N–H and O–H groups in total. The molecule has 0 saturated heterocycles. The number of hydrogen-bond acceptors (Lipinski definition) is 4. The molecule has 0 aliphatic rings. The Bertz CT molecular complexity index is 662. The van der Waals surface area contributed by atoms with E-state index in [9.17, 15) is 13.2 Å². The maximum Gasteiger partial charge on any atom is 0.421 e. The van der Waals surface area contributed by atoms with Crippen LogP contribution in [-0.4, -0.2) is 23.6 Å². The van der Waals surface area contributed by atoms with Crippen molar-refractivity contribution in [2.75, 3.05) is 18.6 Å². The highest BCUT2D eigenvalue weighted by Gasteiger charge is 2.36. The summed E-state index contributed by atoms with van der Waals surface area (Å²) >= 11 is 2.13. The lowest BCUT2D eigenvalue weighted by Gasteiger charge is -2.22. The number of alkyl halides is 3. The van der Waals surface area contributed by atoms with Crippen LogP contribution in [0.25, 0.3) is 0 Å². The van der Waals surface area contributed by atoms with Crippen molar-refractivity contribution in [3.8, 4) is 6.01 Å². The van der Waals surface area contributed by atoms with E-state index in [2.05, 4.69) is 32.6 Å². The minimum absolute atomic E-state index is 0.0628. The van der Waals surface area contributed by atoms with E-state index < -0.39 is 11.7 Å². The van der Waals surface area contributed by atoms with Crippen LogP contribution in [0.1, 0.15) is 18.9 Å². The molecule has 1 heterocycles. The van der Waals surface area contributed by atoms with Gasteiger partial charge in [0, 0.05) is 22.5 Å². The summed E-state index contributed by atoms with van der Waals surface area (Å²) in [5, 5.41) is 0. The van der Waals surface area contributed by atoms with Gasteiger partial charge in [-0.15, -0.1) is 0 Å². The first-order valence-electron chi connectivity index (χ1n) is 6.89. The summed E-state index contributed by atoms with van der Waals surface area (Å²) in [4.78, 5) is 8.97. The molecule has 0 fully saturated rings. The Morgan fingerprint density at radius 3 is 2.43 bits per heavy atom. The summed E-state index contributed by atoms with van der Waals surface area (Å²) in [5.41, 5.74) is -0.307. The predicted octanol–water partition coefficient (Wildman–Crippen LogP) is 4.66. The lowest BCUT2D eigenvalue weighted by molar-refractivity contribution is -0.137. The second-order valence-corrected chi connectivity index (χ2v) is 6.02. The van der Waals surface area contributed by atoms with Gasteiger partial charge in [-0.05, 0) is 53.3 Å². The summed E-state index contributed by atoms with van der Waals surface area (Å²) < 4.78 is 45.9. The molecule has 0 spiro atoms. The van der Waals surface area contributed by atoms with E-state index in [4.69, 9.17) is 4.74 Å². The normalized spacial score (nSPS) is 11.4. The lowest BCUT2D eigenvalue weighted by Crippen LogP contribution is -2.19. The Labute approximate surface area is 145 Å². The van der Waals surface area contributed by atoms with Gasteiger partial charge in [-0.3, -0.25) is 0 Å². The van der Waals surface area contributed by atoms with Crippen LogP contribution in [0.3, 0.4) is 0 Å². The largest absolute Gasteiger partial charge is 0.463 e. The van der Waals surface area contributed by atoms with Gasteiger partial charge in [-0.1, -0.05) is 6.92 Å². The van der Waals surface area contributed by atoms with Crippen molar-refractivity contribution < 1.29 is 17.9 Å². The zero-order valence-corrected chi connectivity index (χ0v) is 14.7. The van der Waals surface area contributed by atoms with Crippen LogP contribution in [0, 0.1) is 3.57 Å². The molecular formula is C15H15F3IN3O. The van der Waals surface area contributed by atoms with Crippen molar-refractivity contribution in [3.63, 3.8) is 0 Å². The van der Waals surface area contributed by atoms with Gasteiger partial charge in [0.05, 0.1) is 6.61 Å². The van der Waals surface area contributed by atoms with Gasteiger partial charge in [-0.25, -0.2) is 4.98 Å². The molecule has 0 bridgehead atoms. The monoisotopic (exact) mass is 437 g/mol. The van der Waals surface area contributed by atoms with Crippen LogP contribution in [0.4, 0.5) is 24.7 Å². The van der Waals surface area contributed by atoms with Gasteiger partial charge in [0.1, 0.15) is 5.56 Å². The molecule has 0 saturated carbocycles. The average molecular weight is 437 g/mol. The quantitative estimate of drug-likeness (QED) is 0.639. The SMILES string of the molecule is CCCOc1ncc(C(F)(F)F)c(N(C)c2ccc(I)cc2)n1. The second kappa shape index (κ2) is 7.33. The maximum absolute atomic E-state index is 13.2. The van der Waals surface area contributed by atoms with E-state index in [-0.39, 0.29) is 11.8 Å². The van der Waals surface area contributed by atoms with Crippen LogP contribution >= 0.6 is 22.6 Å². The first-order valence-corrected chi connectivity index (χ1v) is 7.97. The third-order valence-corrected chi connectivity index (χ3v) is 3.74. The smallest absolute Gasteiger partial charge is 0.421 e. The van der Waals surface area contributed by atoms with E-state index in [1.807, 2.05) is 19.1 Å². The van der Waals surface area contributed by atoms with Gasteiger partial charge in [0.15, 0.2) is 5.82 Å². The van der Waals surface area contributed by atoms with Gasteiger partial charge < -0.3 is 9.64 Å². The number of hydrogen-bond donors (Lipinski definition) is 0. The molecule has 4 nitrogen and oxygen atoms in total. The molecule has 8 heteroatoms. The van der Waals surface area contributed by atoms with Gasteiger partial charge in [0.25, 0.3) is 0 Å². The Morgan fingerprint density at radius 1 is 1.22 bits per heavy atom. The molecule has 124 valence electrons. The van der Waals surface area contributed by atoms with Crippen LogP contribution in [-0.2, 0) is 6.18 Å². The zero-order chi connectivity index (χ0) is 17.0. The molecule has 2 aromatic rings. The number of halogens is 4. The highest BCUT2D eigenvalue weighted by Crippen LogP contribution is 2.37. The van der Waals surface area contributed by atoms with Crippen molar-refractivity contribution >= 4 is 34.1 Å². The van der Waals surface area contributed by atoms with E-state index in [1.54, 1.807) is 12.1 Å². The molecule has 0 atom stereocenters. The fraction of sp³-hybridized carbons (Fsp3) is 0.333. The van der Waals surface area contributed by atoms with Crippen molar-refractivity contribution in [2.24, 2.45) is 0 Å². The molecular weight excluding hydrogens is 422 g/mol. The molecule has 1 aromatic heterocycles. The number of anilines is 2. The zero-order valence-electron chi connectivity index (χ0n) is 12.6. The summed E-state index contributed by atoms with van der Waals surface area (Å²) in [7, 11) is 1.53. The van der Waals surface area contributed by atoms with Crippen LogP contribution in [0.2, 0.25) is 0 Å². The Balaban J connectivity index is 2.45. The minimum Gasteiger partial charge on any atom is -0.463 e. The third kappa shape index (κ3) is 4.46. The third-order valence-electron chi connectivity index (χ3n) is 3.02. The maximum atomic E-state index is 13.2. The standard InChI is InChI=1S/C15H15F3IN3O/c1-3-8-23-14-20-9-12(15(16,17)18)13(21-14)22(2)11-6-4-10(19)5-7-11/h4-7,9H,3,8H2,1-2H3. The predicted molar refractivity (Wildman–Crippen MR) is 90.0 cm³/mol. The van der Waals surface area contributed by atoms with E-state index in [0.717, 1.165) is 9.77 Å². The highest BCUT2D eigenvalue weighted by atomic mass is 127. The van der Waals surface area contributed by atoms with Crippen LogP contribution in [0.5, 0.6) is 6.01 Å². The topological polar surface area (TPSA) is 38.2 Å². The van der Waals surface area contributed by atoms with Gasteiger partial charge >= 0.3 is 12.2 Å². The fourth-order valence-electron chi connectivity index (χ4n) is 1.86. The van der Waals surface area contributed by atoms with Crippen LogP contribution < -0.4 is 9.64 Å². The van der Waals surface area contributed by atoms with Crippen molar-refractivity contribution in [1.29, 1.82) is 0 Å². The molecule has 0 unspecified atom stereocenters. The lowest BCUT2D eigenvalue weighted by atomic mass is 10.2. The first-order chi connectivity index (χ1) is 10.8. The average Bonchev–Trinajstić information content (AvgIpc) is 2.51. The number of aromatic nitrogens is 2. The minimum atomic E-state index is -4.55. The summed E-state index contributed by atoms with van der Waals surface area (Å²) in [6.45, 7) is 2.24. The number of rotatable bonds is 5. The summed E-state index contributed by atoms with van der Waals surface area (Å²) in [5.74, 6) is -0.236. The van der Waals surface area contributed by atoms with E-state index in [0.29, 0.717) is 18.7 Å². The Hall–Kier alpha value is -1.58. The first kappa shape index (κ1) is 17.8. The number of benzene rings is 1. The highest BCUT2D eigenvalue weighted by molar-refractivity contribution is 14.1. The number of ether oxygens (including phenoxy) is 1. The molecule has 0 aliphatic carbocycles. The van der Waals surface area contributed by atoms with E-state index >= 15 is 0 Å². The Kier molecular flexibility index (Phi) is 5.66. The molecule has 2 rings (SSSR count). The molecule has 23 heavy (non-hydrogen) atoms. The fourth-order valence-corrected chi connectivity index (χ4v) is 2.22. The van der Waals surface area contributed by atoms with Crippen molar-refractivity contribution in [3.05, 3.63) is 39.6 Å². The van der Waals surface area contributed by atoms with Crippen molar-refractivity contribution in [1.82, 2.24) is 9.97 Å². The van der Waals surface area contributed by atoms with Crippen LogP contribution in [0.15, 0.2) is 30.5 Å². The summed E-state index contributed by atoms with van der Waals surface area (Å²) in [6, 6.07) is 7.03. The molecule has 1 aromatic carbocycles. The molecule has 0 amide bonds. The molecule has 0 aliphatic heterocycles. The van der Waals surface area contributed by atoms with Gasteiger partial charge in [0.2, 0.25) is 0 Å². The van der Waals surface area contributed by atoms with Crippen molar-refractivity contribution in [2.45, 2.75) is 19.5 Å². The molecule has 0 radical (unpaired) electrons. The van der Waals surface area contributed by atoms with E-state index in [1.165, 1.54) is 11.9 Å².